The normalized spacial score (nSPS) is 10.7. The molecule has 0 spiro atoms. The Balaban J connectivity index is 2.23. The van der Waals surface area contributed by atoms with Crippen LogP contribution in [0.2, 0.25) is 0 Å². The van der Waals surface area contributed by atoms with Gasteiger partial charge in [0.15, 0.2) is 0 Å². The van der Waals surface area contributed by atoms with Crippen LogP contribution < -0.4 is 11.1 Å². The highest BCUT2D eigenvalue weighted by atomic mass is 16.5. The molecule has 4 nitrogen and oxygen atoms in total. The van der Waals surface area contributed by atoms with Gasteiger partial charge in [-0.2, -0.15) is 0 Å². The quantitative estimate of drug-likeness (QED) is 0.705. The van der Waals surface area contributed by atoms with E-state index in [1.165, 1.54) is 0 Å². The van der Waals surface area contributed by atoms with Crippen LogP contribution in [0.25, 0.3) is 0 Å². The number of rotatable bonds is 8. The van der Waals surface area contributed by atoms with E-state index < -0.39 is 0 Å². The third kappa shape index (κ3) is 6.36. The largest absolute Gasteiger partial charge is 0.380 e. The fourth-order valence-corrected chi connectivity index (χ4v) is 1.60. The molecule has 0 fully saturated rings. The summed E-state index contributed by atoms with van der Waals surface area (Å²) in [5.41, 5.74) is 7.15. The zero-order valence-electron chi connectivity index (χ0n) is 11.8. The van der Waals surface area contributed by atoms with Crippen molar-refractivity contribution in [2.24, 2.45) is 11.7 Å². The molecule has 19 heavy (non-hydrogen) atoms. The average Bonchev–Trinajstić information content (AvgIpc) is 2.42. The molecule has 0 radical (unpaired) electrons. The van der Waals surface area contributed by atoms with Crippen molar-refractivity contribution in [3.05, 3.63) is 35.4 Å². The number of amides is 1. The first-order valence-corrected chi connectivity index (χ1v) is 6.78. The summed E-state index contributed by atoms with van der Waals surface area (Å²) in [6.07, 6.45) is 1.05. The van der Waals surface area contributed by atoms with Gasteiger partial charge < -0.3 is 15.8 Å². The number of carbonyl (C=O) groups excluding carboxylic acids is 1. The van der Waals surface area contributed by atoms with Crippen molar-refractivity contribution in [1.82, 2.24) is 5.32 Å². The van der Waals surface area contributed by atoms with Gasteiger partial charge in [0, 0.05) is 25.3 Å². The van der Waals surface area contributed by atoms with E-state index in [9.17, 15) is 4.79 Å². The van der Waals surface area contributed by atoms with Gasteiger partial charge in [0.25, 0.3) is 5.91 Å². The summed E-state index contributed by atoms with van der Waals surface area (Å²) in [5.74, 6) is 0.566. The Kier molecular flexibility index (Phi) is 7.15. The first-order valence-electron chi connectivity index (χ1n) is 6.78. The topological polar surface area (TPSA) is 64.3 Å². The van der Waals surface area contributed by atoms with E-state index in [0.717, 1.165) is 18.6 Å². The first kappa shape index (κ1) is 15.7. The molecule has 0 unspecified atom stereocenters. The Hall–Kier alpha value is -1.39. The maximum Gasteiger partial charge on any atom is 0.251 e. The molecule has 0 aliphatic rings. The highest BCUT2D eigenvalue weighted by molar-refractivity contribution is 5.94. The van der Waals surface area contributed by atoms with E-state index in [2.05, 4.69) is 19.2 Å². The Labute approximate surface area is 115 Å². The van der Waals surface area contributed by atoms with Gasteiger partial charge in [0.1, 0.15) is 0 Å². The molecule has 106 valence electrons. The van der Waals surface area contributed by atoms with Gasteiger partial charge in [0.2, 0.25) is 0 Å². The van der Waals surface area contributed by atoms with Crippen LogP contribution in [0.3, 0.4) is 0 Å². The van der Waals surface area contributed by atoms with Crippen molar-refractivity contribution in [3.63, 3.8) is 0 Å². The lowest BCUT2D eigenvalue weighted by Crippen LogP contribution is -2.27. The molecule has 4 heteroatoms. The van der Waals surface area contributed by atoms with Crippen molar-refractivity contribution in [2.45, 2.75) is 26.8 Å². The number of ether oxygens (including phenoxy) is 1. The molecule has 0 saturated heterocycles. The third-order valence-corrected chi connectivity index (χ3v) is 2.80. The minimum absolute atomic E-state index is 0.0808. The second kappa shape index (κ2) is 8.67. The number of benzene rings is 1. The zero-order valence-corrected chi connectivity index (χ0v) is 11.8. The van der Waals surface area contributed by atoms with E-state index in [-0.39, 0.29) is 5.91 Å². The molecule has 1 rings (SSSR count). The van der Waals surface area contributed by atoms with Crippen LogP contribution >= 0.6 is 0 Å². The van der Waals surface area contributed by atoms with Crippen LogP contribution in [0, 0.1) is 5.92 Å². The zero-order chi connectivity index (χ0) is 14.1. The predicted molar refractivity (Wildman–Crippen MR) is 76.9 cm³/mol. The van der Waals surface area contributed by atoms with Crippen LogP contribution in [0.15, 0.2) is 24.3 Å². The fourth-order valence-electron chi connectivity index (χ4n) is 1.60. The van der Waals surface area contributed by atoms with E-state index in [1.54, 1.807) is 6.07 Å². The molecule has 3 N–H and O–H groups in total. The van der Waals surface area contributed by atoms with Crippen molar-refractivity contribution < 1.29 is 9.53 Å². The van der Waals surface area contributed by atoms with E-state index >= 15 is 0 Å². The Bertz CT molecular complexity index is 391. The monoisotopic (exact) mass is 264 g/mol. The number of carbonyl (C=O) groups is 1. The second-order valence-corrected chi connectivity index (χ2v) is 4.96. The minimum atomic E-state index is -0.0808. The van der Waals surface area contributed by atoms with Crippen molar-refractivity contribution in [2.75, 3.05) is 19.8 Å². The van der Waals surface area contributed by atoms with Gasteiger partial charge in [-0.25, -0.2) is 0 Å². The SMILES string of the molecule is CC(C)CCOCCNC(=O)c1cccc(CN)c1. The molecule has 0 heterocycles. The number of hydrogen-bond acceptors (Lipinski definition) is 3. The summed E-state index contributed by atoms with van der Waals surface area (Å²) in [5, 5.41) is 2.83. The maximum atomic E-state index is 11.8. The summed E-state index contributed by atoms with van der Waals surface area (Å²) in [6, 6.07) is 7.35. The number of nitrogens with one attached hydrogen (secondary N) is 1. The Morgan fingerprint density at radius 3 is 2.84 bits per heavy atom. The first-order chi connectivity index (χ1) is 9.13. The number of hydrogen-bond donors (Lipinski definition) is 2. The standard InChI is InChI=1S/C15H24N2O2/c1-12(2)6-8-19-9-7-17-15(18)14-5-3-4-13(10-14)11-16/h3-5,10,12H,6-9,11,16H2,1-2H3,(H,17,18). The lowest BCUT2D eigenvalue weighted by atomic mass is 10.1. The van der Waals surface area contributed by atoms with Gasteiger partial charge in [-0.15, -0.1) is 0 Å². The van der Waals surface area contributed by atoms with E-state index in [0.29, 0.717) is 31.2 Å². The van der Waals surface area contributed by atoms with Crippen molar-refractivity contribution in [3.8, 4) is 0 Å². The molecule has 0 bridgehead atoms. The smallest absolute Gasteiger partial charge is 0.251 e. The van der Waals surface area contributed by atoms with E-state index in [4.69, 9.17) is 10.5 Å². The van der Waals surface area contributed by atoms with Gasteiger partial charge >= 0.3 is 0 Å². The van der Waals surface area contributed by atoms with Gasteiger partial charge in [-0.3, -0.25) is 4.79 Å². The van der Waals surface area contributed by atoms with Crippen LogP contribution in [0.4, 0.5) is 0 Å². The number of nitrogens with two attached hydrogens (primary N) is 1. The molecule has 0 aliphatic heterocycles. The lowest BCUT2D eigenvalue weighted by molar-refractivity contribution is 0.0905. The van der Waals surface area contributed by atoms with Crippen LogP contribution in [-0.2, 0) is 11.3 Å². The molecule has 1 amide bonds. The van der Waals surface area contributed by atoms with E-state index in [1.807, 2.05) is 18.2 Å². The molecule has 0 saturated carbocycles. The third-order valence-electron chi connectivity index (χ3n) is 2.80. The highest BCUT2D eigenvalue weighted by Crippen LogP contribution is 2.04. The lowest BCUT2D eigenvalue weighted by Gasteiger charge is -2.08. The molecule has 1 aromatic carbocycles. The van der Waals surface area contributed by atoms with Crippen molar-refractivity contribution >= 4 is 5.91 Å². The fraction of sp³-hybridized carbons (Fsp3) is 0.533. The summed E-state index contributed by atoms with van der Waals surface area (Å²) in [4.78, 5) is 11.8. The average molecular weight is 264 g/mol. The Morgan fingerprint density at radius 1 is 1.37 bits per heavy atom. The van der Waals surface area contributed by atoms with Gasteiger partial charge in [-0.1, -0.05) is 26.0 Å². The molecule has 0 aliphatic carbocycles. The summed E-state index contributed by atoms with van der Waals surface area (Å²) < 4.78 is 5.44. The van der Waals surface area contributed by atoms with Crippen LogP contribution in [-0.4, -0.2) is 25.7 Å². The highest BCUT2D eigenvalue weighted by Gasteiger charge is 2.04. The summed E-state index contributed by atoms with van der Waals surface area (Å²) in [7, 11) is 0. The minimum Gasteiger partial charge on any atom is -0.380 e. The molecule has 1 aromatic rings. The van der Waals surface area contributed by atoms with Crippen molar-refractivity contribution in [1.29, 1.82) is 0 Å². The maximum absolute atomic E-state index is 11.8. The Morgan fingerprint density at radius 2 is 2.16 bits per heavy atom. The van der Waals surface area contributed by atoms with Gasteiger partial charge in [-0.05, 0) is 30.0 Å². The van der Waals surface area contributed by atoms with Crippen LogP contribution in [0.5, 0.6) is 0 Å². The van der Waals surface area contributed by atoms with Crippen LogP contribution in [0.1, 0.15) is 36.2 Å². The molecule has 0 aromatic heterocycles. The molecule has 0 atom stereocenters. The predicted octanol–water partition coefficient (Wildman–Crippen LogP) is 1.94. The molecular weight excluding hydrogens is 240 g/mol. The summed E-state index contributed by atoms with van der Waals surface area (Å²) in [6.45, 7) is 6.60. The van der Waals surface area contributed by atoms with Gasteiger partial charge in [0.05, 0.1) is 6.61 Å². The summed E-state index contributed by atoms with van der Waals surface area (Å²) >= 11 is 0. The second-order valence-electron chi connectivity index (χ2n) is 4.96. The molecular formula is C15H24N2O2.